The summed E-state index contributed by atoms with van der Waals surface area (Å²) in [6.45, 7) is 12.4. The highest BCUT2D eigenvalue weighted by Gasteiger charge is 2.09. The van der Waals surface area contributed by atoms with Gasteiger partial charge in [0, 0.05) is 38.9 Å². The molecule has 0 atom stereocenters. The van der Waals surface area contributed by atoms with Gasteiger partial charge in [0.2, 0.25) is 0 Å². The number of hydrogen-bond donors (Lipinski definition) is 2. The minimum absolute atomic E-state index is 0. The normalized spacial score (nSPS) is 14.9. The third-order valence-electron chi connectivity index (χ3n) is 4.57. The van der Waals surface area contributed by atoms with Crippen LogP contribution in [0, 0.1) is 6.92 Å². The SMILES string of the molecule is CCNC(=NCc1ccc(C)cc1OCCOC)NCCCN1CCOCC1.I. The highest BCUT2D eigenvalue weighted by atomic mass is 127. The number of guanidine groups is 1. The molecule has 2 rings (SSSR count). The van der Waals surface area contributed by atoms with E-state index in [0.717, 1.165) is 69.6 Å². The summed E-state index contributed by atoms with van der Waals surface area (Å²) in [5.74, 6) is 1.72. The van der Waals surface area contributed by atoms with Crippen molar-refractivity contribution in [1.29, 1.82) is 0 Å². The molecule has 1 aliphatic rings. The molecular formula is C21H37IN4O3. The molecular weight excluding hydrogens is 483 g/mol. The number of morpholine rings is 1. The zero-order chi connectivity index (χ0) is 20.0. The number of ether oxygens (including phenoxy) is 3. The number of aryl methyl sites for hydroxylation is 1. The molecule has 0 bridgehead atoms. The fraction of sp³-hybridized carbons (Fsp3) is 0.667. The number of benzene rings is 1. The molecule has 7 nitrogen and oxygen atoms in total. The Kier molecular flexibility index (Phi) is 14.0. The van der Waals surface area contributed by atoms with Gasteiger partial charge in [0.05, 0.1) is 26.4 Å². The predicted octanol–water partition coefficient (Wildman–Crippen LogP) is 2.42. The fourth-order valence-electron chi connectivity index (χ4n) is 3.00. The lowest BCUT2D eigenvalue weighted by Crippen LogP contribution is -2.40. The zero-order valence-electron chi connectivity index (χ0n) is 18.0. The minimum atomic E-state index is 0. The Labute approximate surface area is 192 Å². The molecule has 0 aromatic heterocycles. The summed E-state index contributed by atoms with van der Waals surface area (Å²) in [6, 6.07) is 6.24. The summed E-state index contributed by atoms with van der Waals surface area (Å²) in [7, 11) is 1.68. The highest BCUT2D eigenvalue weighted by Crippen LogP contribution is 2.21. The van der Waals surface area contributed by atoms with Gasteiger partial charge in [-0.1, -0.05) is 12.1 Å². The fourth-order valence-corrected chi connectivity index (χ4v) is 3.00. The van der Waals surface area contributed by atoms with Gasteiger partial charge < -0.3 is 24.8 Å². The molecule has 0 amide bonds. The van der Waals surface area contributed by atoms with E-state index < -0.39 is 0 Å². The maximum Gasteiger partial charge on any atom is 0.191 e. The Morgan fingerprint density at radius 1 is 1.21 bits per heavy atom. The van der Waals surface area contributed by atoms with Crippen LogP contribution >= 0.6 is 24.0 Å². The molecule has 1 heterocycles. The first kappa shape index (κ1) is 25.9. The largest absolute Gasteiger partial charge is 0.491 e. The van der Waals surface area contributed by atoms with Crippen molar-refractivity contribution in [3.8, 4) is 5.75 Å². The van der Waals surface area contributed by atoms with Crippen molar-refractivity contribution in [2.24, 2.45) is 4.99 Å². The first-order chi connectivity index (χ1) is 13.7. The summed E-state index contributed by atoms with van der Waals surface area (Å²) in [6.07, 6.45) is 1.08. The molecule has 166 valence electrons. The van der Waals surface area contributed by atoms with Gasteiger partial charge in [-0.3, -0.25) is 4.90 Å². The summed E-state index contributed by atoms with van der Waals surface area (Å²) >= 11 is 0. The number of methoxy groups -OCH3 is 1. The predicted molar refractivity (Wildman–Crippen MR) is 129 cm³/mol. The Bertz CT molecular complexity index is 595. The van der Waals surface area contributed by atoms with Gasteiger partial charge in [-0.05, 0) is 38.4 Å². The van der Waals surface area contributed by atoms with Gasteiger partial charge in [0.1, 0.15) is 12.4 Å². The number of rotatable bonds is 11. The van der Waals surface area contributed by atoms with E-state index in [4.69, 9.17) is 19.2 Å². The number of aliphatic imine (C=N–C) groups is 1. The standard InChI is InChI=1S/C21H36N4O3.HI/c1-4-22-21(23-8-5-9-25-10-12-27-13-11-25)24-17-19-7-6-18(2)16-20(19)28-15-14-26-3;/h6-7,16H,4-5,8-15,17H2,1-3H3,(H2,22,23,24);1H. The Morgan fingerprint density at radius 3 is 2.72 bits per heavy atom. The number of nitrogens with zero attached hydrogens (tertiary/aromatic N) is 2. The second-order valence-electron chi connectivity index (χ2n) is 6.88. The molecule has 0 unspecified atom stereocenters. The van der Waals surface area contributed by atoms with E-state index in [9.17, 15) is 0 Å². The first-order valence-electron chi connectivity index (χ1n) is 10.3. The van der Waals surface area contributed by atoms with Crippen LogP contribution in [0.1, 0.15) is 24.5 Å². The highest BCUT2D eigenvalue weighted by molar-refractivity contribution is 14.0. The van der Waals surface area contributed by atoms with Gasteiger partial charge in [-0.15, -0.1) is 24.0 Å². The third kappa shape index (κ3) is 10.5. The summed E-state index contributed by atoms with van der Waals surface area (Å²) in [5.41, 5.74) is 2.25. The van der Waals surface area contributed by atoms with E-state index in [-0.39, 0.29) is 24.0 Å². The van der Waals surface area contributed by atoms with Gasteiger partial charge in [0.15, 0.2) is 5.96 Å². The lowest BCUT2D eigenvalue weighted by atomic mass is 10.1. The van der Waals surface area contributed by atoms with E-state index in [1.807, 2.05) is 0 Å². The van der Waals surface area contributed by atoms with E-state index in [1.165, 1.54) is 5.56 Å². The molecule has 1 fully saturated rings. The van der Waals surface area contributed by atoms with Crippen LogP contribution in [0.25, 0.3) is 0 Å². The van der Waals surface area contributed by atoms with Crippen LogP contribution in [-0.4, -0.2) is 77.1 Å². The molecule has 0 radical (unpaired) electrons. The van der Waals surface area contributed by atoms with Gasteiger partial charge in [-0.2, -0.15) is 0 Å². The molecule has 0 aliphatic carbocycles. The van der Waals surface area contributed by atoms with Crippen molar-refractivity contribution in [2.75, 3.05) is 66.3 Å². The lowest BCUT2D eigenvalue weighted by molar-refractivity contribution is 0.0376. The maximum atomic E-state index is 5.87. The Morgan fingerprint density at radius 2 is 2.00 bits per heavy atom. The Balaban J connectivity index is 0.00000420. The molecule has 0 saturated carbocycles. The summed E-state index contributed by atoms with van der Waals surface area (Å²) < 4.78 is 16.3. The molecule has 1 aromatic carbocycles. The average molecular weight is 520 g/mol. The van der Waals surface area contributed by atoms with E-state index >= 15 is 0 Å². The molecule has 2 N–H and O–H groups in total. The Hall–Kier alpha value is -1.10. The first-order valence-corrected chi connectivity index (χ1v) is 10.3. The number of hydrogen-bond acceptors (Lipinski definition) is 5. The van der Waals surface area contributed by atoms with Gasteiger partial charge in [-0.25, -0.2) is 4.99 Å². The van der Waals surface area contributed by atoms with Crippen LogP contribution < -0.4 is 15.4 Å². The molecule has 8 heteroatoms. The topological polar surface area (TPSA) is 67.4 Å². The van der Waals surface area contributed by atoms with Crippen molar-refractivity contribution in [1.82, 2.24) is 15.5 Å². The zero-order valence-corrected chi connectivity index (χ0v) is 20.4. The van der Waals surface area contributed by atoms with E-state index in [1.54, 1.807) is 7.11 Å². The summed E-state index contributed by atoms with van der Waals surface area (Å²) in [4.78, 5) is 7.19. The van der Waals surface area contributed by atoms with E-state index in [0.29, 0.717) is 19.8 Å². The monoisotopic (exact) mass is 520 g/mol. The van der Waals surface area contributed by atoms with Crippen LogP contribution in [0.4, 0.5) is 0 Å². The lowest BCUT2D eigenvalue weighted by Gasteiger charge is -2.26. The molecule has 1 saturated heterocycles. The molecule has 0 spiro atoms. The van der Waals surface area contributed by atoms with Crippen molar-refractivity contribution >= 4 is 29.9 Å². The van der Waals surface area contributed by atoms with Crippen LogP contribution in [0.2, 0.25) is 0 Å². The van der Waals surface area contributed by atoms with Crippen LogP contribution in [0.3, 0.4) is 0 Å². The second kappa shape index (κ2) is 15.7. The van der Waals surface area contributed by atoms with Crippen LogP contribution in [-0.2, 0) is 16.0 Å². The molecule has 1 aromatic rings. The van der Waals surface area contributed by atoms with Crippen molar-refractivity contribution < 1.29 is 14.2 Å². The van der Waals surface area contributed by atoms with Crippen molar-refractivity contribution in [3.05, 3.63) is 29.3 Å². The number of nitrogens with one attached hydrogen (secondary N) is 2. The van der Waals surface area contributed by atoms with Gasteiger partial charge >= 0.3 is 0 Å². The summed E-state index contributed by atoms with van der Waals surface area (Å²) in [5, 5.41) is 6.75. The van der Waals surface area contributed by atoms with Crippen LogP contribution in [0.15, 0.2) is 23.2 Å². The van der Waals surface area contributed by atoms with Gasteiger partial charge in [0.25, 0.3) is 0 Å². The number of halogens is 1. The van der Waals surface area contributed by atoms with Crippen LogP contribution in [0.5, 0.6) is 5.75 Å². The van der Waals surface area contributed by atoms with E-state index in [2.05, 4.69) is 47.6 Å². The van der Waals surface area contributed by atoms with Crippen molar-refractivity contribution in [2.45, 2.75) is 26.8 Å². The minimum Gasteiger partial charge on any atom is -0.491 e. The average Bonchev–Trinajstić information content (AvgIpc) is 2.71. The third-order valence-corrected chi connectivity index (χ3v) is 4.57. The van der Waals surface area contributed by atoms with Crippen molar-refractivity contribution in [3.63, 3.8) is 0 Å². The molecule has 29 heavy (non-hydrogen) atoms. The maximum absolute atomic E-state index is 5.87. The quantitative estimate of drug-likeness (QED) is 0.202. The second-order valence-corrected chi connectivity index (χ2v) is 6.88. The smallest absolute Gasteiger partial charge is 0.191 e. The molecule has 1 aliphatic heterocycles.